The molecule has 4 rings (SSSR count). The van der Waals surface area contributed by atoms with Gasteiger partial charge in [0.1, 0.15) is 5.60 Å². The van der Waals surface area contributed by atoms with Crippen molar-refractivity contribution in [2.45, 2.75) is 63.8 Å². The second-order valence-electron chi connectivity index (χ2n) is 9.03. The molecule has 1 unspecified atom stereocenters. The first-order valence-electron chi connectivity index (χ1n) is 10.5. The number of ether oxygens (including phenoxy) is 4. The van der Waals surface area contributed by atoms with E-state index in [0.717, 1.165) is 24.8 Å². The van der Waals surface area contributed by atoms with Gasteiger partial charge >= 0.3 is 6.09 Å². The molecule has 8 nitrogen and oxygen atoms in total. The average Bonchev–Trinajstić information content (AvgIpc) is 3.16. The van der Waals surface area contributed by atoms with Crippen LogP contribution in [-0.2, 0) is 14.3 Å². The molecule has 3 heterocycles. The molecule has 3 aliphatic heterocycles. The Morgan fingerprint density at radius 1 is 1.20 bits per heavy atom. The maximum Gasteiger partial charge on any atom is 0.410 e. The van der Waals surface area contributed by atoms with Crippen LogP contribution < -0.4 is 9.47 Å². The van der Waals surface area contributed by atoms with Gasteiger partial charge in [-0.05, 0) is 57.7 Å². The fourth-order valence-corrected chi connectivity index (χ4v) is 4.38. The van der Waals surface area contributed by atoms with Crippen molar-refractivity contribution in [3.8, 4) is 11.5 Å². The lowest BCUT2D eigenvalue weighted by Gasteiger charge is -2.49. The van der Waals surface area contributed by atoms with Crippen LogP contribution in [0.5, 0.6) is 11.5 Å². The molecule has 0 bridgehead atoms. The van der Waals surface area contributed by atoms with Crippen molar-refractivity contribution >= 4 is 12.0 Å². The van der Waals surface area contributed by atoms with E-state index in [1.807, 2.05) is 39.0 Å². The Bertz CT molecular complexity index is 820. The molecular weight excluding hydrogens is 388 g/mol. The topological polar surface area (TPSA) is 77.5 Å². The number of piperidine rings is 1. The van der Waals surface area contributed by atoms with Crippen molar-refractivity contribution < 1.29 is 28.5 Å². The number of benzene rings is 1. The van der Waals surface area contributed by atoms with Crippen LogP contribution in [-0.4, -0.2) is 66.5 Å². The summed E-state index contributed by atoms with van der Waals surface area (Å²) in [4.78, 5) is 29.1. The van der Waals surface area contributed by atoms with Gasteiger partial charge in [-0.25, -0.2) is 4.79 Å². The molecule has 1 aromatic carbocycles. The molecule has 0 saturated carbocycles. The van der Waals surface area contributed by atoms with Gasteiger partial charge in [0.25, 0.3) is 5.91 Å². The highest BCUT2D eigenvalue weighted by Crippen LogP contribution is 2.42. The summed E-state index contributed by atoms with van der Waals surface area (Å²) in [5, 5.41) is 0. The number of hydrogen-bond donors (Lipinski definition) is 0. The Kier molecular flexibility index (Phi) is 5.53. The largest absolute Gasteiger partial charge is 0.454 e. The summed E-state index contributed by atoms with van der Waals surface area (Å²) in [5.74, 6) is 1.32. The summed E-state index contributed by atoms with van der Waals surface area (Å²) < 4.78 is 22.0. The molecule has 164 valence electrons. The van der Waals surface area contributed by atoms with E-state index in [0.29, 0.717) is 24.6 Å². The van der Waals surface area contributed by atoms with Crippen LogP contribution in [0.3, 0.4) is 0 Å². The van der Waals surface area contributed by atoms with Gasteiger partial charge in [0, 0.05) is 20.2 Å². The number of fused-ring (bicyclic) bond motifs is 1. The van der Waals surface area contributed by atoms with Crippen molar-refractivity contribution in [2.24, 2.45) is 0 Å². The van der Waals surface area contributed by atoms with Crippen molar-refractivity contribution in [1.82, 2.24) is 9.80 Å². The van der Waals surface area contributed by atoms with E-state index < -0.39 is 11.7 Å². The fourth-order valence-electron chi connectivity index (χ4n) is 4.38. The third-order valence-corrected chi connectivity index (χ3v) is 5.80. The number of hydrogen-bond acceptors (Lipinski definition) is 6. The van der Waals surface area contributed by atoms with Gasteiger partial charge < -0.3 is 28.7 Å². The smallest absolute Gasteiger partial charge is 0.410 e. The van der Waals surface area contributed by atoms with E-state index in [4.69, 9.17) is 18.9 Å². The molecule has 8 heteroatoms. The van der Waals surface area contributed by atoms with Crippen LogP contribution in [0.4, 0.5) is 4.79 Å². The van der Waals surface area contributed by atoms with Crippen LogP contribution >= 0.6 is 0 Å². The third kappa shape index (κ3) is 3.93. The molecule has 30 heavy (non-hydrogen) atoms. The number of amides is 2. The van der Waals surface area contributed by atoms with E-state index in [1.165, 1.54) is 0 Å². The van der Waals surface area contributed by atoms with Gasteiger partial charge in [-0.1, -0.05) is 6.07 Å². The van der Waals surface area contributed by atoms with Crippen molar-refractivity contribution in [3.05, 3.63) is 23.8 Å². The number of rotatable bonds is 4. The average molecular weight is 418 g/mol. The molecule has 2 fully saturated rings. The number of carbonyl (C=O) groups is 2. The molecule has 1 aromatic rings. The van der Waals surface area contributed by atoms with Crippen LogP contribution in [0.25, 0.3) is 0 Å². The summed E-state index contributed by atoms with van der Waals surface area (Å²) in [7, 11) is 1.55. The van der Waals surface area contributed by atoms with Gasteiger partial charge in [-0.3, -0.25) is 4.79 Å². The minimum atomic E-state index is -0.554. The zero-order chi connectivity index (χ0) is 21.5. The fraction of sp³-hybridized carbons (Fsp3) is 0.636. The highest BCUT2D eigenvalue weighted by atomic mass is 16.7. The molecule has 3 atom stereocenters. The number of β-lactam (4-membered cyclic amide) rings is 1. The molecule has 0 aromatic heterocycles. The van der Waals surface area contributed by atoms with Gasteiger partial charge in [-0.15, -0.1) is 0 Å². The Hall–Kier alpha value is -2.48. The lowest BCUT2D eigenvalue weighted by Crippen LogP contribution is -2.63. The molecule has 2 saturated heterocycles. The monoisotopic (exact) mass is 418 g/mol. The molecular formula is C22H30N2O6. The minimum absolute atomic E-state index is 0.0603. The molecule has 3 aliphatic rings. The van der Waals surface area contributed by atoms with Crippen molar-refractivity contribution in [2.75, 3.05) is 27.0 Å². The highest BCUT2D eigenvalue weighted by Gasteiger charge is 2.50. The quantitative estimate of drug-likeness (QED) is 0.700. The highest BCUT2D eigenvalue weighted by molar-refractivity contribution is 5.89. The first-order chi connectivity index (χ1) is 14.3. The Morgan fingerprint density at radius 2 is 1.97 bits per heavy atom. The first kappa shape index (κ1) is 20.8. The van der Waals surface area contributed by atoms with Crippen LogP contribution in [0.1, 0.15) is 51.6 Å². The molecule has 0 spiro atoms. The van der Waals surface area contributed by atoms with E-state index in [2.05, 4.69) is 0 Å². The number of likely N-dealkylation sites (tertiary alicyclic amines) is 2. The summed E-state index contributed by atoms with van der Waals surface area (Å²) >= 11 is 0. The maximum atomic E-state index is 12.8. The second-order valence-corrected chi connectivity index (χ2v) is 9.03. The normalized spacial score (nSPS) is 25.9. The van der Waals surface area contributed by atoms with Gasteiger partial charge in [0.2, 0.25) is 6.79 Å². The summed E-state index contributed by atoms with van der Waals surface area (Å²) in [6.45, 7) is 6.89. The number of carbonyl (C=O) groups excluding carboxylic acids is 2. The maximum absolute atomic E-state index is 12.8. The first-order valence-corrected chi connectivity index (χ1v) is 10.5. The molecule has 0 N–H and O–H groups in total. The van der Waals surface area contributed by atoms with Crippen LogP contribution in [0, 0.1) is 0 Å². The lowest BCUT2D eigenvalue weighted by molar-refractivity contribution is -0.173. The number of methoxy groups -OCH3 is 1. The van der Waals surface area contributed by atoms with E-state index in [9.17, 15) is 9.59 Å². The van der Waals surface area contributed by atoms with Gasteiger partial charge in [0.15, 0.2) is 17.6 Å². The Labute approximate surface area is 177 Å². The molecule has 0 radical (unpaired) electrons. The van der Waals surface area contributed by atoms with Gasteiger partial charge in [0.05, 0.1) is 12.1 Å². The molecule has 2 amide bonds. The predicted octanol–water partition coefficient (Wildman–Crippen LogP) is 3.10. The number of nitrogens with zero attached hydrogens (tertiary/aromatic N) is 2. The lowest BCUT2D eigenvalue weighted by atomic mass is 9.88. The van der Waals surface area contributed by atoms with Crippen molar-refractivity contribution in [3.63, 3.8) is 0 Å². The van der Waals surface area contributed by atoms with Crippen LogP contribution in [0.2, 0.25) is 0 Å². The predicted molar refractivity (Wildman–Crippen MR) is 108 cm³/mol. The Morgan fingerprint density at radius 3 is 2.70 bits per heavy atom. The SMILES string of the molecule is CO[C@H]1C(=O)N(CC2CCCCN2C(=O)OC(C)(C)C)[C@H]1c1ccc2c(c1)OCO2. The van der Waals surface area contributed by atoms with E-state index in [-0.39, 0.29) is 30.9 Å². The molecule has 0 aliphatic carbocycles. The summed E-state index contributed by atoms with van der Waals surface area (Å²) in [6.07, 6.45) is 1.95. The van der Waals surface area contributed by atoms with E-state index >= 15 is 0 Å². The zero-order valence-corrected chi connectivity index (χ0v) is 18.1. The summed E-state index contributed by atoms with van der Waals surface area (Å²) in [5.41, 5.74) is 0.382. The third-order valence-electron chi connectivity index (χ3n) is 5.80. The summed E-state index contributed by atoms with van der Waals surface area (Å²) in [6, 6.07) is 5.41. The second kappa shape index (κ2) is 7.98. The van der Waals surface area contributed by atoms with Gasteiger partial charge in [-0.2, -0.15) is 0 Å². The minimum Gasteiger partial charge on any atom is -0.454 e. The van der Waals surface area contributed by atoms with Crippen molar-refractivity contribution in [1.29, 1.82) is 0 Å². The standard InChI is InChI=1S/C22H30N2O6/c1-22(2,3)30-21(26)23-10-6-5-7-15(23)12-24-18(19(27-4)20(24)25)14-8-9-16-17(11-14)29-13-28-16/h8-9,11,15,18-19H,5-7,10,12-13H2,1-4H3/t15?,18-,19+/m0/s1. The van der Waals surface area contributed by atoms with E-state index in [1.54, 1.807) is 16.9 Å². The van der Waals surface area contributed by atoms with Crippen LogP contribution in [0.15, 0.2) is 18.2 Å². The zero-order valence-electron chi connectivity index (χ0n) is 18.1. The Balaban J connectivity index is 1.52.